The van der Waals surface area contributed by atoms with Crippen LogP contribution in [-0.4, -0.2) is 20.1 Å². The Hall–Kier alpha value is -1.69. The summed E-state index contributed by atoms with van der Waals surface area (Å²) in [6.07, 6.45) is 1.82. The SMILES string of the molecule is Cc1cc(C)c(C)c(S(=O)(=O)NCC(O)(c2ccccc2)C2CC2)c1C. The second-order valence-corrected chi connectivity index (χ2v) is 9.18. The van der Waals surface area contributed by atoms with Crippen LogP contribution in [0.1, 0.15) is 40.7 Å². The van der Waals surface area contributed by atoms with E-state index < -0.39 is 15.6 Å². The van der Waals surface area contributed by atoms with Crippen LogP contribution in [0.4, 0.5) is 0 Å². The van der Waals surface area contributed by atoms with Gasteiger partial charge in [-0.2, -0.15) is 0 Å². The second kappa shape index (κ2) is 6.80. The maximum Gasteiger partial charge on any atom is 0.241 e. The van der Waals surface area contributed by atoms with E-state index in [1.807, 2.05) is 64.1 Å². The third-order valence-corrected chi connectivity index (χ3v) is 7.30. The summed E-state index contributed by atoms with van der Waals surface area (Å²) in [7, 11) is -3.72. The highest BCUT2D eigenvalue weighted by molar-refractivity contribution is 7.89. The minimum absolute atomic E-state index is 0.0180. The van der Waals surface area contributed by atoms with Crippen molar-refractivity contribution in [3.63, 3.8) is 0 Å². The summed E-state index contributed by atoms with van der Waals surface area (Å²) in [5.41, 5.74) is 3.02. The first-order valence-corrected chi connectivity index (χ1v) is 10.5. The predicted octanol–water partition coefficient (Wildman–Crippen LogP) is 3.50. The van der Waals surface area contributed by atoms with Crippen LogP contribution in [-0.2, 0) is 15.6 Å². The molecule has 0 radical (unpaired) electrons. The van der Waals surface area contributed by atoms with Crippen molar-refractivity contribution < 1.29 is 13.5 Å². The van der Waals surface area contributed by atoms with Crippen LogP contribution in [0.15, 0.2) is 41.3 Å². The number of rotatable bonds is 6. The molecule has 1 aliphatic carbocycles. The molecule has 3 rings (SSSR count). The Labute approximate surface area is 156 Å². The topological polar surface area (TPSA) is 66.4 Å². The highest BCUT2D eigenvalue weighted by Crippen LogP contribution is 2.45. The highest BCUT2D eigenvalue weighted by atomic mass is 32.2. The number of benzene rings is 2. The van der Waals surface area contributed by atoms with Gasteiger partial charge in [0.15, 0.2) is 0 Å². The van der Waals surface area contributed by atoms with Crippen LogP contribution in [0.3, 0.4) is 0 Å². The molecule has 0 aliphatic heterocycles. The maximum absolute atomic E-state index is 13.1. The molecule has 2 aromatic carbocycles. The molecule has 0 saturated heterocycles. The Balaban J connectivity index is 1.94. The standard InChI is InChI=1S/C21H27NO3S/c1-14-12-15(2)17(4)20(16(14)3)26(24,25)22-13-21(23,19-10-11-19)18-8-6-5-7-9-18/h5-9,12,19,22-23H,10-11,13H2,1-4H3. The number of aliphatic hydroxyl groups is 1. The smallest absolute Gasteiger partial charge is 0.241 e. The van der Waals surface area contributed by atoms with Crippen molar-refractivity contribution in [1.82, 2.24) is 4.72 Å². The Kier molecular flexibility index (Phi) is 4.99. The third-order valence-electron chi connectivity index (χ3n) is 5.62. The van der Waals surface area contributed by atoms with Gasteiger partial charge in [0.25, 0.3) is 0 Å². The van der Waals surface area contributed by atoms with Crippen molar-refractivity contribution in [1.29, 1.82) is 0 Å². The molecule has 1 atom stereocenters. The third kappa shape index (κ3) is 3.43. The zero-order valence-electron chi connectivity index (χ0n) is 15.8. The molecule has 140 valence electrons. The fraction of sp³-hybridized carbons (Fsp3) is 0.429. The number of nitrogens with one attached hydrogen (secondary N) is 1. The van der Waals surface area contributed by atoms with Crippen LogP contribution >= 0.6 is 0 Å². The van der Waals surface area contributed by atoms with Gasteiger partial charge in [0.05, 0.1) is 4.90 Å². The Morgan fingerprint density at radius 2 is 1.58 bits per heavy atom. The van der Waals surface area contributed by atoms with Gasteiger partial charge in [-0.3, -0.25) is 0 Å². The Bertz CT molecular complexity index is 892. The van der Waals surface area contributed by atoms with E-state index in [0.29, 0.717) is 4.90 Å². The van der Waals surface area contributed by atoms with Crippen molar-refractivity contribution >= 4 is 10.0 Å². The first-order chi connectivity index (χ1) is 12.2. The number of hydrogen-bond donors (Lipinski definition) is 2. The Morgan fingerprint density at radius 3 is 2.08 bits per heavy atom. The van der Waals surface area contributed by atoms with Gasteiger partial charge in [-0.15, -0.1) is 0 Å². The first kappa shape index (κ1) is 19.1. The molecule has 4 nitrogen and oxygen atoms in total. The van der Waals surface area contributed by atoms with Gasteiger partial charge in [-0.1, -0.05) is 36.4 Å². The van der Waals surface area contributed by atoms with Gasteiger partial charge in [0.1, 0.15) is 5.60 Å². The summed E-state index contributed by atoms with van der Waals surface area (Å²) < 4.78 is 28.8. The molecule has 5 heteroatoms. The zero-order valence-corrected chi connectivity index (χ0v) is 16.7. The predicted molar refractivity (Wildman–Crippen MR) is 104 cm³/mol. The van der Waals surface area contributed by atoms with E-state index in [4.69, 9.17) is 0 Å². The minimum atomic E-state index is -3.72. The van der Waals surface area contributed by atoms with E-state index in [1.165, 1.54) is 0 Å². The largest absolute Gasteiger partial charge is 0.383 e. The molecule has 2 aromatic rings. The Morgan fingerprint density at radius 1 is 1.04 bits per heavy atom. The van der Waals surface area contributed by atoms with E-state index in [1.54, 1.807) is 0 Å². The van der Waals surface area contributed by atoms with Crippen molar-refractivity contribution in [2.75, 3.05) is 6.54 Å². The summed E-state index contributed by atoms with van der Waals surface area (Å²) >= 11 is 0. The molecule has 26 heavy (non-hydrogen) atoms. The number of aryl methyl sites for hydroxylation is 2. The lowest BCUT2D eigenvalue weighted by Gasteiger charge is -2.29. The van der Waals surface area contributed by atoms with Gasteiger partial charge in [-0.25, -0.2) is 13.1 Å². The summed E-state index contributed by atoms with van der Waals surface area (Å²) in [5, 5.41) is 11.3. The van der Waals surface area contributed by atoms with Crippen LogP contribution in [0.2, 0.25) is 0 Å². The lowest BCUT2D eigenvalue weighted by atomic mass is 9.89. The summed E-state index contributed by atoms with van der Waals surface area (Å²) in [6, 6.07) is 11.4. The lowest BCUT2D eigenvalue weighted by Crippen LogP contribution is -2.42. The fourth-order valence-electron chi connectivity index (χ4n) is 3.63. The quantitative estimate of drug-likeness (QED) is 0.814. The molecule has 0 amide bonds. The molecule has 1 saturated carbocycles. The van der Waals surface area contributed by atoms with Crippen LogP contribution in [0.25, 0.3) is 0 Å². The molecular weight excluding hydrogens is 346 g/mol. The molecule has 2 N–H and O–H groups in total. The van der Waals surface area contributed by atoms with Crippen molar-refractivity contribution in [3.05, 3.63) is 64.2 Å². The van der Waals surface area contributed by atoms with E-state index in [2.05, 4.69) is 4.72 Å². The molecule has 0 bridgehead atoms. The molecule has 1 unspecified atom stereocenters. The molecule has 0 heterocycles. The average Bonchev–Trinajstić information content (AvgIpc) is 3.44. The lowest BCUT2D eigenvalue weighted by molar-refractivity contribution is 0.0185. The first-order valence-electron chi connectivity index (χ1n) is 9.02. The average molecular weight is 374 g/mol. The summed E-state index contributed by atoms with van der Waals surface area (Å²) in [4.78, 5) is 0.334. The second-order valence-electron chi connectivity index (χ2n) is 7.48. The van der Waals surface area contributed by atoms with E-state index >= 15 is 0 Å². The maximum atomic E-state index is 13.1. The zero-order chi connectivity index (χ0) is 19.1. The normalized spacial score (nSPS) is 17.1. The van der Waals surface area contributed by atoms with Crippen LogP contribution < -0.4 is 4.72 Å². The van der Waals surface area contributed by atoms with Gasteiger partial charge in [0, 0.05) is 6.54 Å². The monoisotopic (exact) mass is 373 g/mol. The fourth-order valence-corrected chi connectivity index (χ4v) is 5.31. The number of hydrogen-bond acceptors (Lipinski definition) is 3. The van der Waals surface area contributed by atoms with Crippen molar-refractivity contribution in [2.45, 2.75) is 51.0 Å². The van der Waals surface area contributed by atoms with Crippen molar-refractivity contribution in [3.8, 4) is 0 Å². The van der Waals surface area contributed by atoms with Gasteiger partial charge < -0.3 is 5.11 Å². The molecule has 0 spiro atoms. The molecule has 1 fully saturated rings. The van der Waals surface area contributed by atoms with E-state index in [9.17, 15) is 13.5 Å². The van der Waals surface area contributed by atoms with Crippen LogP contribution in [0.5, 0.6) is 0 Å². The summed E-state index contributed by atoms with van der Waals surface area (Å²) in [5.74, 6) is 0.0917. The number of sulfonamides is 1. The van der Waals surface area contributed by atoms with Gasteiger partial charge >= 0.3 is 0 Å². The van der Waals surface area contributed by atoms with Crippen molar-refractivity contribution in [2.24, 2.45) is 5.92 Å². The summed E-state index contributed by atoms with van der Waals surface area (Å²) in [6.45, 7) is 7.49. The van der Waals surface area contributed by atoms with E-state index in [-0.39, 0.29) is 12.5 Å². The molecule has 0 aromatic heterocycles. The highest BCUT2D eigenvalue weighted by Gasteiger charge is 2.45. The van der Waals surface area contributed by atoms with Crippen LogP contribution in [0, 0.1) is 33.6 Å². The van der Waals surface area contributed by atoms with E-state index in [0.717, 1.165) is 40.7 Å². The molecule has 1 aliphatic rings. The van der Waals surface area contributed by atoms with Gasteiger partial charge in [0.2, 0.25) is 10.0 Å². The molecular formula is C21H27NO3S. The van der Waals surface area contributed by atoms with Gasteiger partial charge in [-0.05, 0) is 74.3 Å². The minimum Gasteiger partial charge on any atom is -0.383 e.